The van der Waals surface area contributed by atoms with Gasteiger partial charge in [0, 0.05) is 11.7 Å². The fourth-order valence-electron chi connectivity index (χ4n) is 1.95. The first-order valence-electron chi connectivity index (χ1n) is 5.85. The van der Waals surface area contributed by atoms with Gasteiger partial charge in [-0.25, -0.2) is 9.97 Å². The van der Waals surface area contributed by atoms with E-state index in [9.17, 15) is 0 Å². The number of fused-ring (bicyclic) bond motifs is 1. The molecular weight excluding hydrogens is 216 g/mol. The Balaban J connectivity index is 1.80. The maximum Gasteiger partial charge on any atom is 0.230 e. The predicted octanol–water partition coefficient (Wildman–Crippen LogP) is 1.16. The number of rotatable bonds is 4. The van der Waals surface area contributed by atoms with Gasteiger partial charge in [-0.15, -0.1) is 0 Å². The number of aromatic nitrogens is 3. The molecule has 3 rings (SSSR count). The van der Waals surface area contributed by atoms with Crippen molar-refractivity contribution in [3.8, 4) is 5.88 Å². The van der Waals surface area contributed by atoms with Gasteiger partial charge in [0.15, 0.2) is 5.65 Å². The standard InChI is InChI=1S/C12H16N4O/c1-17-11-8-16-7-9(15-10(16)6-14-11)2-3-12(13)4-5-12/h6-8H,2-5,13H2,1H3. The molecule has 1 fully saturated rings. The number of ether oxygens (including phenoxy) is 1. The van der Waals surface area contributed by atoms with Crippen molar-refractivity contribution in [2.75, 3.05) is 7.11 Å². The average molecular weight is 232 g/mol. The maximum absolute atomic E-state index is 6.07. The van der Waals surface area contributed by atoms with Crippen molar-refractivity contribution in [2.45, 2.75) is 31.2 Å². The van der Waals surface area contributed by atoms with E-state index in [1.54, 1.807) is 13.3 Å². The number of nitrogens with zero attached hydrogens (tertiary/aromatic N) is 3. The summed E-state index contributed by atoms with van der Waals surface area (Å²) in [4.78, 5) is 8.64. The number of hydrogen-bond acceptors (Lipinski definition) is 4. The fraction of sp³-hybridized carbons (Fsp3) is 0.500. The third-order valence-corrected chi connectivity index (χ3v) is 3.35. The topological polar surface area (TPSA) is 65.4 Å². The van der Waals surface area contributed by atoms with Crippen molar-refractivity contribution in [3.05, 3.63) is 24.3 Å². The van der Waals surface area contributed by atoms with Crippen molar-refractivity contribution < 1.29 is 4.74 Å². The zero-order chi connectivity index (χ0) is 11.9. The molecule has 0 unspecified atom stereocenters. The van der Waals surface area contributed by atoms with Crippen LogP contribution in [0.2, 0.25) is 0 Å². The molecule has 2 N–H and O–H groups in total. The quantitative estimate of drug-likeness (QED) is 0.859. The van der Waals surface area contributed by atoms with Crippen LogP contribution in [0, 0.1) is 0 Å². The van der Waals surface area contributed by atoms with Crippen molar-refractivity contribution in [1.82, 2.24) is 14.4 Å². The molecule has 2 heterocycles. The van der Waals surface area contributed by atoms with Gasteiger partial charge in [-0.1, -0.05) is 0 Å². The number of aryl methyl sites for hydroxylation is 1. The van der Waals surface area contributed by atoms with E-state index < -0.39 is 0 Å². The van der Waals surface area contributed by atoms with Crippen LogP contribution < -0.4 is 10.5 Å². The number of nitrogens with two attached hydrogens (primary N) is 1. The average Bonchev–Trinajstić information content (AvgIpc) is 2.93. The largest absolute Gasteiger partial charge is 0.480 e. The zero-order valence-corrected chi connectivity index (χ0v) is 9.89. The predicted molar refractivity (Wildman–Crippen MR) is 64.0 cm³/mol. The van der Waals surface area contributed by atoms with E-state index in [0.717, 1.165) is 37.0 Å². The van der Waals surface area contributed by atoms with Crippen LogP contribution in [0.15, 0.2) is 18.6 Å². The molecule has 5 heteroatoms. The Labute approximate surface area is 99.6 Å². The summed E-state index contributed by atoms with van der Waals surface area (Å²) in [6.07, 6.45) is 9.82. The molecule has 17 heavy (non-hydrogen) atoms. The molecule has 0 atom stereocenters. The molecule has 0 aromatic carbocycles. The van der Waals surface area contributed by atoms with E-state index in [2.05, 4.69) is 9.97 Å². The second-order valence-corrected chi connectivity index (χ2v) is 4.79. The number of methoxy groups -OCH3 is 1. The van der Waals surface area contributed by atoms with Crippen LogP contribution in [0.4, 0.5) is 0 Å². The Hall–Kier alpha value is -1.62. The highest BCUT2D eigenvalue weighted by Gasteiger charge is 2.37. The maximum atomic E-state index is 6.07. The first-order valence-corrected chi connectivity index (χ1v) is 5.85. The van der Waals surface area contributed by atoms with Gasteiger partial charge >= 0.3 is 0 Å². The summed E-state index contributed by atoms with van der Waals surface area (Å²) in [5.74, 6) is 0.596. The first-order chi connectivity index (χ1) is 8.18. The molecule has 90 valence electrons. The van der Waals surface area contributed by atoms with E-state index in [-0.39, 0.29) is 5.54 Å². The van der Waals surface area contributed by atoms with Crippen LogP contribution >= 0.6 is 0 Å². The lowest BCUT2D eigenvalue weighted by molar-refractivity contribution is 0.395. The SMILES string of the molecule is COc1cn2cc(CCC3(N)CC3)nc2cn1. The van der Waals surface area contributed by atoms with Gasteiger partial charge in [-0.2, -0.15) is 0 Å². The Kier molecular flexibility index (Phi) is 2.29. The molecule has 0 radical (unpaired) electrons. The Bertz CT molecular complexity index is 544. The summed E-state index contributed by atoms with van der Waals surface area (Å²) in [6, 6.07) is 0. The van der Waals surface area contributed by atoms with E-state index in [1.807, 2.05) is 16.8 Å². The van der Waals surface area contributed by atoms with Crippen LogP contribution in [0.25, 0.3) is 5.65 Å². The summed E-state index contributed by atoms with van der Waals surface area (Å²) in [6.45, 7) is 0. The Morgan fingerprint density at radius 3 is 3.00 bits per heavy atom. The van der Waals surface area contributed by atoms with Gasteiger partial charge < -0.3 is 14.9 Å². The van der Waals surface area contributed by atoms with Gasteiger partial charge in [-0.3, -0.25) is 0 Å². The fourth-order valence-corrected chi connectivity index (χ4v) is 1.95. The normalized spacial score (nSPS) is 17.3. The molecule has 1 aliphatic carbocycles. The molecular formula is C12H16N4O. The van der Waals surface area contributed by atoms with Gasteiger partial charge in [0.05, 0.1) is 25.2 Å². The van der Waals surface area contributed by atoms with E-state index in [1.165, 1.54) is 0 Å². The van der Waals surface area contributed by atoms with E-state index in [0.29, 0.717) is 5.88 Å². The molecule has 0 amide bonds. The van der Waals surface area contributed by atoms with Gasteiger partial charge in [0.2, 0.25) is 5.88 Å². The van der Waals surface area contributed by atoms with Crippen LogP contribution in [-0.2, 0) is 6.42 Å². The highest BCUT2D eigenvalue weighted by Crippen LogP contribution is 2.36. The third-order valence-electron chi connectivity index (χ3n) is 3.35. The molecule has 0 spiro atoms. The first kappa shape index (κ1) is 10.5. The molecule has 5 nitrogen and oxygen atoms in total. The summed E-state index contributed by atoms with van der Waals surface area (Å²) in [5, 5.41) is 0. The third kappa shape index (κ3) is 2.10. The highest BCUT2D eigenvalue weighted by atomic mass is 16.5. The monoisotopic (exact) mass is 232 g/mol. The number of imidazole rings is 1. The van der Waals surface area contributed by atoms with E-state index >= 15 is 0 Å². The van der Waals surface area contributed by atoms with Crippen LogP contribution in [0.5, 0.6) is 5.88 Å². The minimum absolute atomic E-state index is 0.0890. The Morgan fingerprint density at radius 1 is 1.47 bits per heavy atom. The molecule has 2 aromatic heterocycles. The van der Waals surface area contributed by atoms with Crippen molar-refractivity contribution >= 4 is 5.65 Å². The van der Waals surface area contributed by atoms with Crippen molar-refractivity contribution in [3.63, 3.8) is 0 Å². The molecule has 0 bridgehead atoms. The van der Waals surface area contributed by atoms with Crippen molar-refractivity contribution in [1.29, 1.82) is 0 Å². The second kappa shape index (κ2) is 3.70. The second-order valence-electron chi connectivity index (χ2n) is 4.79. The zero-order valence-electron chi connectivity index (χ0n) is 9.89. The summed E-state index contributed by atoms with van der Waals surface area (Å²) in [7, 11) is 1.61. The molecule has 0 saturated heterocycles. The summed E-state index contributed by atoms with van der Waals surface area (Å²) < 4.78 is 7.02. The molecule has 0 aliphatic heterocycles. The van der Waals surface area contributed by atoms with Crippen molar-refractivity contribution in [2.24, 2.45) is 5.73 Å². The highest BCUT2D eigenvalue weighted by molar-refractivity contribution is 5.38. The smallest absolute Gasteiger partial charge is 0.230 e. The molecule has 1 aliphatic rings. The minimum atomic E-state index is 0.0890. The molecule has 1 saturated carbocycles. The van der Waals surface area contributed by atoms with Crippen LogP contribution in [-0.4, -0.2) is 27.0 Å². The number of hydrogen-bond donors (Lipinski definition) is 1. The Morgan fingerprint density at radius 2 is 2.29 bits per heavy atom. The minimum Gasteiger partial charge on any atom is -0.480 e. The van der Waals surface area contributed by atoms with Gasteiger partial charge in [0.1, 0.15) is 0 Å². The van der Waals surface area contributed by atoms with E-state index in [4.69, 9.17) is 10.5 Å². The van der Waals surface area contributed by atoms with Gasteiger partial charge in [-0.05, 0) is 25.7 Å². The summed E-state index contributed by atoms with van der Waals surface area (Å²) in [5.41, 5.74) is 8.07. The lowest BCUT2D eigenvalue weighted by Gasteiger charge is -2.04. The summed E-state index contributed by atoms with van der Waals surface area (Å²) >= 11 is 0. The van der Waals surface area contributed by atoms with Gasteiger partial charge in [0.25, 0.3) is 0 Å². The lowest BCUT2D eigenvalue weighted by Crippen LogP contribution is -2.22. The lowest BCUT2D eigenvalue weighted by atomic mass is 10.1. The van der Waals surface area contributed by atoms with Crippen LogP contribution in [0.1, 0.15) is 25.0 Å². The van der Waals surface area contributed by atoms with Crippen LogP contribution in [0.3, 0.4) is 0 Å². The molecule has 2 aromatic rings.